The van der Waals surface area contributed by atoms with Crippen molar-refractivity contribution in [3.05, 3.63) is 64.3 Å². The average molecular weight is 369 g/mol. The summed E-state index contributed by atoms with van der Waals surface area (Å²) in [5.41, 5.74) is 0.870. The van der Waals surface area contributed by atoms with E-state index in [1.807, 2.05) is 0 Å². The zero-order chi connectivity index (χ0) is 18.8. The number of nitrogens with one attached hydrogen (secondary N) is 2. The predicted octanol–water partition coefficient (Wildman–Crippen LogP) is 2.89. The number of aromatic nitrogens is 1. The SMILES string of the molecule is O=C(CC1CC2CCC(C1)N2)Nc1cccn(Cc2ccc(F)cc2)c1=O. The fourth-order valence-corrected chi connectivity index (χ4v) is 4.35. The van der Waals surface area contributed by atoms with E-state index in [1.54, 1.807) is 30.5 Å². The minimum absolute atomic E-state index is 0.0991. The molecule has 0 aliphatic carbocycles. The molecule has 0 spiro atoms. The number of amides is 1. The van der Waals surface area contributed by atoms with E-state index in [4.69, 9.17) is 0 Å². The fraction of sp³-hybridized carbons (Fsp3) is 0.429. The van der Waals surface area contributed by atoms with Crippen molar-refractivity contribution in [2.75, 3.05) is 5.32 Å². The number of hydrogen-bond donors (Lipinski definition) is 2. The van der Waals surface area contributed by atoms with Gasteiger partial charge < -0.3 is 15.2 Å². The van der Waals surface area contributed by atoms with E-state index >= 15 is 0 Å². The molecule has 1 aromatic heterocycles. The van der Waals surface area contributed by atoms with Gasteiger partial charge in [-0.3, -0.25) is 9.59 Å². The Hall–Kier alpha value is -2.47. The summed E-state index contributed by atoms with van der Waals surface area (Å²) < 4.78 is 14.6. The molecule has 142 valence electrons. The predicted molar refractivity (Wildman–Crippen MR) is 102 cm³/mol. The number of carbonyl (C=O) groups is 1. The Bertz CT molecular complexity index is 866. The summed E-state index contributed by atoms with van der Waals surface area (Å²) in [6.07, 6.45) is 6.61. The van der Waals surface area contributed by atoms with Gasteiger partial charge in [0.05, 0.1) is 6.54 Å². The van der Waals surface area contributed by atoms with Crippen LogP contribution in [0.4, 0.5) is 10.1 Å². The first-order valence-corrected chi connectivity index (χ1v) is 9.56. The lowest BCUT2D eigenvalue weighted by atomic mass is 9.89. The first-order valence-electron chi connectivity index (χ1n) is 9.56. The molecule has 2 bridgehead atoms. The van der Waals surface area contributed by atoms with E-state index in [0.29, 0.717) is 36.7 Å². The summed E-state index contributed by atoms with van der Waals surface area (Å²) >= 11 is 0. The van der Waals surface area contributed by atoms with E-state index in [-0.39, 0.29) is 17.3 Å². The second-order valence-electron chi connectivity index (χ2n) is 7.71. The van der Waals surface area contributed by atoms with E-state index < -0.39 is 0 Å². The molecule has 0 radical (unpaired) electrons. The quantitative estimate of drug-likeness (QED) is 0.852. The number of nitrogens with zero attached hydrogens (tertiary/aromatic N) is 1. The molecule has 0 saturated carbocycles. The van der Waals surface area contributed by atoms with Crippen LogP contribution >= 0.6 is 0 Å². The number of pyridine rings is 1. The Labute approximate surface area is 157 Å². The second-order valence-corrected chi connectivity index (χ2v) is 7.71. The highest BCUT2D eigenvalue weighted by molar-refractivity contribution is 5.90. The lowest BCUT2D eigenvalue weighted by Gasteiger charge is -2.28. The van der Waals surface area contributed by atoms with Crippen molar-refractivity contribution < 1.29 is 9.18 Å². The van der Waals surface area contributed by atoms with Crippen molar-refractivity contribution in [1.82, 2.24) is 9.88 Å². The summed E-state index contributed by atoms with van der Waals surface area (Å²) in [4.78, 5) is 25.1. The maximum Gasteiger partial charge on any atom is 0.274 e. The summed E-state index contributed by atoms with van der Waals surface area (Å²) in [5.74, 6) is -0.0229. The molecule has 3 heterocycles. The Morgan fingerprint density at radius 3 is 2.56 bits per heavy atom. The van der Waals surface area contributed by atoms with E-state index in [2.05, 4.69) is 10.6 Å². The number of anilines is 1. The first kappa shape index (κ1) is 17.9. The molecule has 1 aromatic carbocycles. The van der Waals surface area contributed by atoms with Crippen molar-refractivity contribution in [2.45, 2.75) is 50.7 Å². The number of fused-ring (bicyclic) bond motifs is 2. The first-order chi connectivity index (χ1) is 13.1. The third kappa shape index (κ3) is 4.27. The number of halogens is 1. The summed E-state index contributed by atoms with van der Waals surface area (Å²) in [7, 11) is 0. The molecule has 2 saturated heterocycles. The second kappa shape index (κ2) is 7.64. The number of piperidine rings is 1. The zero-order valence-corrected chi connectivity index (χ0v) is 15.2. The number of carbonyl (C=O) groups excluding carboxylic acids is 1. The molecule has 2 atom stereocenters. The highest BCUT2D eigenvalue weighted by Gasteiger charge is 2.34. The molecule has 2 N–H and O–H groups in total. The molecule has 1 amide bonds. The van der Waals surface area contributed by atoms with Crippen LogP contribution in [0.3, 0.4) is 0 Å². The van der Waals surface area contributed by atoms with Gasteiger partial charge in [0.1, 0.15) is 11.5 Å². The van der Waals surface area contributed by atoms with Crippen LogP contribution in [0.15, 0.2) is 47.4 Å². The lowest BCUT2D eigenvalue weighted by molar-refractivity contribution is -0.117. The molecule has 2 fully saturated rings. The smallest absolute Gasteiger partial charge is 0.274 e. The van der Waals surface area contributed by atoms with E-state index in [9.17, 15) is 14.0 Å². The maximum atomic E-state index is 13.0. The molecule has 2 aliphatic rings. The number of rotatable bonds is 5. The van der Waals surface area contributed by atoms with Crippen molar-refractivity contribution in [3.63, 3.8) is 0 Å². The van der Waals surface area contributed by atoms with Gasteiger partial charge in [-0.25, -0.2) is 4.39 Å². The van der Waals surface area contributed by atoms with Crippen LogP contribution in [0.5, 0.6) is 0 Å². The molecule has 4 rings (SSSR count). The molecule has 2 aliphatic heterocycles. The molecule has 5 nitrogen and oxygen atoms in total. The zero-order valence-electron chi connectivity index (χ0n) is 15.2. The van der Waals surface area contributed by atoms with Gasteiger partial charge in [0, 0.05) is 24.7 Å². The van der Waals surface area contributed by atoms with Gasteiger partial charge in [0.25, 0.3) is 5.56 Å². The Kier molecular flexibility index (Phi) is 5.07. The van der Waals surface area contributed by atoms with Crippen LogP contribution in [0.25, 0.3) is 0 Å². The molecule has 2 unspecified atom stereocenters. The molecular weight excluding hydrogens is 345 g/mol. The Balaban J connectivity index is 1.40. The van der Waals surface area contributed by atoms with Gasteiger partial charge in [0.15, 0.2) is 0 Å². The molecule has 2 aromatic rings. The minimum atomic E-state index is -0.307. The van der Waals surface area contributed by atoms with Crippen LogP contribution in [-0.4, -0.2) is 22.6 Å². The van der Waals surface area contributed by atoms with Crippen LogP contribution < -0.4 is 16.2 Å². The lowest BCUT2D eigenvalue weighted by Crippen LogP contribution is -2.39. The highest BCUT2D eigenvalue weighted by Crippen LogP contribution is 2.32. The van der Waals surface area contributed by atoms with E-state index in [0.717, 1.165) is 18.4 Å². The molecular formula is C21H24FN3O2. The minimum Gasteiger partial charge on any atom is -0.321 e. The van der Waals surface area contributed by atoms with Gasteiger partial charge in [-0.1, -0.05) is 12.1 Å². The normalized spacial score (nSPS) is 24.0. The monoisotopic (exact) mass is 369 g/mol. The van der Waals surface area contributed by atoms with Crippen molar-refractivity contribution in [3.8, 4) is 0 Å². The number of hydrogen-bond acceptors (Lipinski definition) is 3. The van der Waals surface area contributed by atoms with Crippen molar-refractivity contribution in [2.24, 2.45) is 5.92 Å². The van der Waals surface area contributed by atoms with Gasteiger partial charge in [-0.2, -0.15) is 0 Å². The molecule has 6 heteroatoms. The summed E-state index contributed by atoms with van der Waals surface area (Å²) in [6, 6.07) is 10.5. The van der Waals surface area contributed by atoms with Crippen LogP contribution in [0.1, 0.15) is 37.7 Å². The Morgan fingerprint density at radius 1 is 1.15 bits per heavy atom. The van der Waals surface area contributed by atoms with Crippen molar-refractivity contribution >= 4 is 11.6 Å². The van der Waals surface area contributed by atoms with E-state index in [1.165, 1.54) is 29.5 Å². The van der Waals surface area contributed by atoms with Gasteiger partial charge in [-0.05, 0) is 61.4 Å². The van der Waals surface area contributed by atoms with Crippen molar-refractivity contribution in [1.29, 1.82) is 0 Å². The van der Waals surface area contributed by atoms with Crippen LogP contribution in [0, 0.1) is 11.7 Å². The number of benzene rings is 1. The third-order valence-electron chi connectivity index (χ3n) is 5.61. The van der Waals surface area contributed by atoms with Gasteiger partial charge in [-0.15, -0.1) is 0 Å². The van der Waals surface area contributed by atoms with Gasteiger partial charge in [0.2, 0.25) is 5.91 Å². The Morgan fingerprint density at radius 2 is 1.85 bits per heavy atom. The standard InChI is InChI=1S/C21H24FN3O2/c22-16-5-3-14(4-6-16)13-25-9-1-2-19(21(25)27)24-20(26)12-15-10-17-7-8-18(11-15)23-17/h1-6,9,15,17-18,23H,7-8,10-13H2,(H,24,26). The maximum absolute atomic E-state index is 13.0. The fourth-order valence-electron chi connectivity index (χ4n) is 4.35. The average Bonchev–Trinajstić information content (AvgIpc) is 2.98. The van der Waals surface area contributed by atoms with Gasteiger partial charge >= 0.3 is 0 Å². The largest absolute Gasteiger partial charge is 0.321 e. The third-order valence-corrected chi connectivity index (χ3v) is 5.61. The highest BCUT2D eigenvalue weighted by atomic mass is 19.1. The topological polar surface area (TPSA) is 63.1 Å². The van der Waals surface area contributed by atoms with Crippen LogP contribution in [0.2, 0.25) is 0 Å². The summed E-state index contributed by atoms with van der Waals surface area (Å²) in [5, 5.41) is 6.37. The van der Waals surface area contributed by atoms with Crippen LogP contribution in [-0.2, 0) is 11.3 Å². The summed E-state index contributed by atoms with van der Waals surface area (Å²) in [6.45, 7) is 0.334. The molecule has 27 heavy (non-hydrogen) atoms.